The van der Waals surface area contributed by atoms with Crippen LogP contribution in [0, 0.1) is 0 Å². The van der Waals surface area contributed by atoms with Crippen molar-refractivity contribution in [2.75, 3.05) is 17.2 Å². The molecule has 0 aliphatic rings. The Morgan fingerprint density at radius 2 is 2.08 bits per heavy atom. The zero-order valence-corrected chi connectivity index (χ0v) is 14.3. The number of rotatable bonds is 7. The highest BCUT2D eigenvalue weighted by atomic mass is 16.5. The lowest BCUT2D eigenvalue weighted by Gasteiger charge is -2.11. The zero-order valence-electron chi connectivity index (χ0n) is 14.3. The van der Waals surface area contributed by atoms with E-state index < -0.39 is 0 Å². The average molecular weight is 349 g/mol. The van der Waals surface area contributed by atoms with E-state index in [1.807, 2.05) is 55.6 Å². The van der Waals surface area contributed by atoms with Gasteiger partial charge in [-0.05, 0) is 43.3 Å². The number of ether oxygens (including phenoxy) is 1. The molecule has 0 aliphatic carbocycles. The lowest BCUT2D eigenvalue weighted by molar-refractivity contribution is 0.340. The average Bonchev–Trinajstić information content (AvgIpc) is 3.33. The summed E-state index contributed by atoms with van der Waals surface area (Å²) in [4.78, 5) is 4.36. The molecule has 0 unspecified atom stereocenters. The lowest BCUT2D eigenvalue weighted by Crippen LogP contribution is -2.05. The van der Waals surface area contributed by atoms with Crippen LogP contribution in [0.4, 0.5) is 17.2 Å². The van der Waals surface area contributed by atoms with Crippen LogP contribution in [0.15, 0.2) is 65.5 Å². The summed E-state index contributed by atoms with van der Waals surface area (Å²) in [6.45, 7) is 3.19. The van der Waals surface area contributed by atoms with Gasteiger partial charge in [0.25, 0.3) is 0 Å². The molecule has 3 aromatic heterocycles. The summed E-state index contributed by atoms with van der Waals surface area (Å²) in [6.07, 6.45) is 5.20. The molecule has 132 valence electrons. The maximum Gasteiger partial charge on any atom is 0.177 e. The highest BCUT2D eigenvalue weighted by molar-refractivity contribution is 5.72. The summed E-state index contributed by atoms with van der Waals surface area (Å²) in [5.74, 6) is 2.41. The molecule has 0 saturated carbocycles. The van der Waals surface area contributed by atoms with Crippen molar-refractivity contribution in [2.24, 2.45) is 0 Å². The van der Waals surface area contributed by atoms with Gasteiger partial charge in [-0.15, -0.1) is 5.10 Å². The van der Waals surface area contributed by atoms with E-state index in [1.165, 1.54) is 0 Å². The number of aromatic nitrogens is 3. The van der Waals surface area contributed by atoms with Gasteiger partial charge >= 0.3 is 0 Å². The van der Waals surface area contributed by atoms with Crippen LogP contribution in [0.25, 0.3) is 5.65 Å². The molecular formula is C19H19N5O2. The lowest BCUT2D eigenvalue weighted by atomic mass is 10.3. The van der Waals surface area contributed by atoms with Crippen molar-refractivity contribution >= 4 is 22.8 Å². The Bertz CT molecular complexity index is 977. The Balaban J connectivity index is 1.56. The van der Waals surface area contributed by atoms with Crippen LogP contribution in [0.5, 0.6) is 5.75 Å². The van der Waals surface area contributed by atoms with Crippen LogP contribution in [0.3, 0.4) is 0 Å². The van der Waals surface area contributed by atoms with E-state index in [4.69, 9.17) is 9.15 Å². The highest BCUT2D eigenvalue weighted by Crippen LogP contribution is 2.23. The van der Waals surface area contributed by atoms with Crippen LogP contribution >= 0.6 is 0 Å². The Kier molecular flexibility index (Phi) is 4.42. The molecule has 7 nitrogen and oxygen atoms in total. The quantitative estimate of drug-likeness (QED) is 0.524. The summed E-state index contributed by atoms with van der Waals surface area (Å²) in [7, 11) is 0. The second kappa shape index (κ2) is 7.18. The van der Waals surface area contributed by atoms with Gasteiger partial charge in [0.2, 0.25) is 0 Å². The number of anilines is 3. The number of nitrogens with one attached hydrogen (secondary N) is 2. The van der Waals surface area contributed by atoms with E-state index in [1.54, 1.807) is 17.0 Å². The van der Waals surface area contributed by atoms with Crippen LogP contribution in [0.2, 0.25) is 0 Å². The van der Waals surface area contributed by atoms with Gasteiger partial charge in [-0.1, -0.05) is 0 Å². The van der Waals surface area contributed by atoms with Gasteiger partial charge in [-0.2, -0.15) is 0 Å². The standard InChI is InChI=1S/C19H19N5O2/c1-2-25-15-7-5-14(6-8-15)22-18-12-17(19-20-9-10-24(19)23-18)21-13-16-4-3-11-26-16/h3-12,21H,2,13H2,1H3,(H,22,23). The molecule has 2 N–H and O–H groups in total. The molecule has 1 aromatic carbocycles. The third-order valence-corrected chi connectivity index (χ3v) is 3.83. The minimum absolute atomic E-state index is 0.571. The Morgan fingerprint density at radius 3 is 2.85 bits per heavy atom. The van der Waals surface area contributed by atoms with Gasteiger partial charge in [0, 0.05) is 24.1 Å². The summed E-state index contributed by atoms with van der Waals surface area (Å²) in [5, 5.41) is 11.2. The first-order chi connectivity index (χ1) is 12.8. The maximum atomic E-state index is 5.47. The smallest absolute Gasteiger partial charge is 0.177 e. The van der Waals surface area contributed by atoms with E-state index in [-0.39, 0.29) is 0 Å². The second-order valence-electron chi connectivity index (χ2n) is 5.65. The Hall–Kier alpha value is -3.48. The van der Waals surface area contributed by atoms with Gasteiger partial charge in [0.05, 0.1) is 25.1 Å². The predicted octanol–water partition coefficient (Wildman–Crippen LogP) is 4.08. The van der Waals surface area contributed by atoms with E-state index >= 15 is 0 Å². The van der Waals surface area contributed by atoms with Crippen molar-refractivity contribution in [1.29, 1.82) is 0 Å². The minimum Gasteiger partial charge on any atom is -0.494 e. The monoisotopic (exact) mass is 349 g/mol. The number of hydrogen-bond acceptors (Lipinski definition) is 6. The van der Waals surface area contributed by atoms with Crippen LogP contribution < -0.4 is 15.4 Å². The summed E-state index contributed by atoms with van der Waals surface area (Å²) >= 11 is 0. The van der Waals surface area contributed by atoms with Crippen molar-refractivity contribution in [3.8, 4) is 5.75 Å². The van der Waals surface area contributed by atoms with Crippen molar-refractivity contribution < 1.29 is 9.15 Å². The number of benzene rings is 1. The first-order valence-corrected chi connectivity index (χ1v) is 8.42. The number of hydrogen-bond donors (Lipinski definition) is 2. The molecule has 0 atom stereocenters. The fraction of sp³-hybridized carbons (Fsp3) is 0.158. The van der Waals surface area contributed by atoms with Gasteiger partial charge in [0.15, 0.2) is 11.5 Å². The van der Waals surface area contributed by atoms with Crippen molar-refractivity contribution in [3.63, 3.8) is 0 Å². The Morgan fingerprint density at radius 1 is 1.19 bits per heavy atom. The summed E-state index contributed by atoms with van der Waals surface area (Å²) < 4.78 is 12.6. The predicted molar refractivity (Wildman–Crippen MR) is 99.9 cm³/mol. The first-order valence-electron chi connectivity index (χ1n) is 8.42. The number of fused-ring (bicyclic) bond motifs is 1. The maximum absolute atomic E-state index is 5.47. The van der Waals surface area contributed by atoms with Gasteiger partial charge < -0.3 is 19.8 Å². The van der Waals surface area contributed by atoms with Gasteiger partial charge in [0.1, 0.15) is 11.5 Å². The molecule has 0 amide bonds. The molecule has 4 aromatic rings. The fourth-order valence-electron chi connectivity index (χ4n) is 2.65. The molecule has 0 spiro atoms. The van der Waals surface area contributed by atoms with Gasteiger partial charge in [-0.3, -0.25) is 0 Å². The van der Waals surface area contributed by atoms with E-state index in [9.17, 15) is 0 Å². The third kappa shape index (κ3) is 3.46. The third-order valence-electron chi connectivity index (χ3n) is 3.83. The van der Waals surface area contributed by atoms with E-state index in [2.05, 4.69) is 20.7 Å². The number of imidazole rings is 1. The molecule has 26 heavy (non-hydrogen) atoms. The highest BCUT2D eigenvalue weighted by Gasteiger charge is 2.08. The summed E-state index contributed by atoms with van der Waals surface area (Å²) in [5.41, 5.74) is 2.56. The zero-order chi connectivity index (χ0) is 17.8. The molecule has 0 bridgehead atoms. The van der Waals surface area contributed by atoms with Gasteiger partial charge in [-0.25, -0.2) is 9.50 Å². The molecule has 0 fully saturated rings. The molecule has 0 aliphatic heterocycles. The second-order valence-corrected chi connectivity index (χ2v) is 5.65. The Labute approximate surface area is 150 Å². The number of furan rings is 1. The van der Waals surface area contributed by atoms with Crippen molar-refractivity contribution in [1.82, 2.24) is 14.6 Å². The minimum atomic E-state index is 0.571. The van der Waals surface area contributed by atoms with Crippen molar-refractivity contribution in [2.45, 2.75) is 13.5 Å². The van der Waals surface area contributed by atoms with E-state index in [0.717, 1.165) is 28.5 Å². The molecule has 0 radical (unpaired) electrons. The molecule has 4 rings (SSSR count). The number of nitrogens with zero attached hydrogens (tertiary/aromatic N) is 3. The first kappa shape index (κ1) is 16.0. The normalized spacial score (nSPS) is 10.8. The molecular weight excluding hydrogens is 330 g/mol. The molecule has 7 heteroatoms. The van der Waals surface area contributed by atoms with Crippen LogP contribution in [0.1, 0.15) is 12.7 Å². The van der Waals surface area contributed by atoms with Crippen molar-refractivity contribution in [3.05, 3.63) is 66.9 Å². The molecule has 0 saturated heterocycles. The fourth-order valence-corrected chi connectivity index (χ4v) is 2.65. The largest absolute Gasteiger partial charge is 0.494 e. The van der Waals surface area contributed by atoms with Crippen LogP contribution in [-0.4, -0.2) is 21.2 Å². The SMILES string of the molecule is CCOc1ccc(Nc2cc(NCc3ccco3)c3nccn3n2)cc1. The molecule has 3 heterocycles. The topological polar surface area (TPSA) is 76.6 Å². The van der Waals surface area contributed by atoms with Crippen LogP contribution in [-0.2, 0) is 6.54 Å². The summed E-state index contributed by atoms with van der Waals surface area (Å²) in [6, 6.07) is 13.5. The van der Waals surface area contributed by atoms with E-state index in [0.29, 0.717) is 19.0 Å².